The Morgan fingerprint density at radius 2 is 1.88 bits per heavy atom. The van der Waals surface area contributed by atoms with Crippen LogP contribution in [0, 0.1) is 0 Å². The molecule has 1 unspecified atom stereocenters. The highest BCUT2D eigenvalue weighted by atomic mass is 16.5. The van der Waals surface area contributed by atoms with Crippen LogP contribution in [0.4, 0.5) is 5.82 Å². The van der Waals surface area contributed by atoms with Gasteiger partial charge in [0.1, 0.15) is 24.8 Å². The highest BCUT2D eigenvalue weighted by Crippen LogP contribution is 2.32. The summed E-state index contributed by atoms with van der Waals surface area (Å²) in [5.74, 6) is 1.30. The molecule has 1 amide bonds. The van der Waals surface area contributed by atoms with Gasteiger partial charge in [0.2, 0.25) is 5.91 Å². The molecule has 0 aliphatic carbocycles. The summed E-state index contributed by atoms with van der Waals surface area (Å²) in [6.45, 7) is 1.31. The first-order valence-corrected chi connectivity index (χ1v) is 11.0. The van der Waals surface area contributed by atoms with Crippen molar-refractivity contribution in [2.75, 3.05) is 19.4 Å². The average molecular weight is 443 g/mol. The van der Waals surface area contributed by atoms with Gasteiger partial charge in [-0.15, -0.1) is 0 Å². The van der Waals surface area contributed by atoms with Gasteiger partial charge >= 0.3 is 0 Å². The van der Waals surface area contributed by atoms with E-state index in [4.69, 9.17) is 15.5 Å². The summed E-state index contributed by atoms with van der Waals surface area (Å²) in [6.07, 6.45) is 5.43. The number of nitrogens with zero attached hydrogens (tertiary/aromatic N) is 5. The average Bonchev–Trinajstić information content (AvgIpc) is 3.46. The van der Waals surface area contributed by atoms with Crippen LogP contribution >= 0.6 is 0 Å². The lowest BCUT2D eigenvalue weighted by molar-refractivity contribution is -0.132. The lowest BCUT2D eigenvalue weighted by Crippen LogP contribution is -2.34. The number of nitrogen functional groups attached to an aromatic ring is 1. The van der Waals surface area contributed by atoms with Crippen LogP contribution in [-0.2, 0) is 22.7 Å². The second-order valence-corrected chi connectivity index (χ2v) is 8.22. The van der Waals surface area contributed by atoms with Crippen LogP contribution in [0.25, 0.3) is 22.2 Å². The number of methoxy groups -OCH3 is 1. The second-order valence-electron chi connectivity index (χ2n) is 8.22. The molecule has 2 N–H and O–H groups in total. The van der Waals surface area contributed by atoms with Crippen molar-refractivity contribution in [1.29, 1.82) is 0 Å². The zero-order valence-electron chi connectivity index (χ0n) is 18.5. The molecule has 8 heteroatoms. The fraction of sp³-hybridized carbons (Fsp3) is 0.280. The van der Waals surface area contributed by atoms with Crippen LogP contribution in [0.15, 0.2) is 60.9 Å². The summed E-state index contributed by atoms with van der Waals surface area (Å²) < 4.78 is 7.28. The quantitative estimate of drug-likeness (QED) is 0.490. The van der Waals surface area contributed by atoms with Gasteiger partial charge in [-0.25, -0.2) is 9.97 Å². The summed E-state index contributed by atoms with van der Waals surface area (Å²) in [4.78, 5) is 28.8. The molecule has 0 radical (unpaired) electrons. The number of pyridine rings is 2. The van der Waals surface area contributed by atoms with Gasteiger partial charge in [-0.3, -0.25) is 9.78 Å². The standard InChI is InChI=1S/C25H26N6O2/c1-33-16-24-29-20-5-2-3-6-22(20)31(24)15-25(32)30-12-4-7-21(30)19-10-8-17(13-27-19)18-9-11-23(26)28-14-18/h2-3,5-6,8-11,13-14,21H,4,7,12,15-16H2,1H3,(H2,26,28). The van der Waals surface area contributed by atoms with Gasteiger partial charge in [-0.1, -0.05) is 18.2 Å². The highest BCUT2D eigenvalue weighted by Gasteiger charge is 2.31. The monoisotopic (exact) mass is 442 g/mol. The second kappa shape index (κ2) is 8.99. The van der Waals surface area contributed by atoms with Crippen molar-refractivity contribution in [2.24, 2.45) is 0 Å². The normalized spacial score (nSPS) is 15.9. The minimum Gasteiger partial charge on any atom is -0.384 e. The maximum absolute atomic E-state index is 13.4. The summed E-state index contributed by atoms with van der Waals surface area (Å²) in [5.41, 5.74) is 10.3. The predicted molar refractivity (Wildman–Crippen MR) is 126 cm³/mol. The van der Waals surface area contributed by atoms with E-state index in [1.807, 2.05) is 58.1 Å². The molecule has 3 aromatic heterocycles. The van der Waals surface area contributed by atoms with Crippen LogP contribution in [0.1, 0.15) is 30.4 Å². The zero-order valence-corrected chi connectivity index (χ0v) is 18.5. The Morgan fingerprint density at radius 1 is 1.09 bits per heavy atom. The van der Waals surface area contributed by atoms with Crippen LogP contribution in [0.2, 0.25) is 0 Å². The van der Waals surface area contributed by atoms with Crippen molar-refractivity contribution in [2.45, 2.75) is 32.0 Å². The minimum atomic E-state index is -0.0308. The topological polar surface area (TPSA) is 99.2 Å². The van der Waals surface area contributed by atoms with Crippen LogP contribution in [0.5, 0.6) is 0 Å². The third-order valence-electron chi connectivity index (χ3n) is 6.12. The smallest absolute Gasteiger partial charge is 0.243 e. The first-order chi connectivity index (χ1) is 16.1. The molecule has 8 nitrogen and oxygen atoms in total. The lowest BCUT2D eigenvalue weighted by Gasteiger charge is -2.25. The maximum atomic E-state index is 13.4. The van der Waals surface area contributed by atoms with Gasteiger partial charge in [0.05, 0.1) is 22.8 Å². The molecule has 1 aliphatic rings. The number of fused-ring (bicyclic) bond motifs is 1. The molecule has 1 aromatic carbocycles. The number of hydrogen-bond donors (Lipinski definition) is 1. The first kappa shape index (κ1) is 21.1. The third-order valence-corrected chi connectivity index (χ3v) is 6.12. The van der Waals surface area contributed by atoms with E-state index in [0.717, 1.165) is 53.1 Å². The Balaban J connectivity index is 1.37. The number of anilines is 1. The number of hydrogen-bond acceptors (Lipinski definition) is 6. The molecule has 0 spiro atoms. The van der Waals surface area contributed by atoms with E-state index in [2.05, 4.69) is 9.97 Å². The van der Waals surface area contributed by atoms with Crippen molar-refractivity contribution >= 4 is 22.8 Å². The predicted octanol–water partition coefficient (Wildman–Crippen LogP) is 3.59. The number of carbonyl (C=O) groups excluding carboxylic acids is 1. The molecular weight excluding hydrogens is 416 g/mol. The third kappa shape index (κ3) is 4.17. The Kier molecular flexibility index (Phi) is 5.75. The number of rotatable bonds is 6. The maximum Gasteiger partial charge on any atom is 0.243 e. The van der Waals surface area contributed by atoms with Gasteiger partial charge in [-0.2, -0.15) is 0 Å². The number of imidazole rings is 1. The van der Waals surface area contributed by atoms with Crippen molar-refractivity contribution in [3.05, 3.63) is 72.4 Å². The molecule has 0 bridgehead atoms. The number of carbonyl (C=O) groups is 1. The number of nitrogens with two attached hydrogens (primary N) is 1. The molecule has 1 fully saturated rings. The number of amides is 1. The molecular formula is C25H26N6O2. The van der Waals surface area contributed by atoms with E-state index in [9.17, 15) is 4.79 Å². The van der Waals surface area contributed by atoms with Gasteiger partial charge in [-0.05, 0) is 43.2 Å². The number of likely N-dealkylation sites (tertiary alicyclic amines) is 1. The molecule has 1 aliphatic heterocycles. The van der Waals surface area contributed by atoms with E-state index >= 15 is 0 Å². The van der Waals surface area contributed by atoms with E-state index < -0.39 is 0 Å². The van der Waals surface area contributed by atoms with Gasteiger partial charge in [0.15, 0.2) is 0 Å². The van der Waals surface area contributed by atoms with E-state index in [0.29, 0.717) is 12.4 Å². The van der Waals surface area contributed by atoms with Crippen molar-refractivity contribution < 1.29 is 9.53 Å². The fourth-order valence-corrected chi connectivity index (χ4v) is 4.49. The Bertz CT molecular complexity index is 1270. The lowest BCUT2D eigenvalue weighted by atomic mass is 10.1. The molecule has 0 saturated carbocycles. The molecule has 1 atom stereocenters. The number of para-hydroxylation sites is 2. The Labute approximate surface area is 192 Å². The van der Waals surface area contributed by atoms with Crippen LogP contribution in [0.3, 0.4) is 0 Å². The number of aromatic nitrogens is 4. The number of benzene rings is 1. The molecule has 4 aromatic rings. The zero-order chi connectivity index (χ0) is 22.8. The largest absolute Gasteiger partial charge is 0.384 e. The SMILES string of the molecule is COCc1nc2ccccc2n1CC(=O)N1CCCC1c1ccc(-c2ccc(N)nc2)cn1. The van der Waals surface area contributed by atoms with E-state index in [1.165, 1.54) is 0 Å². The molecule has 1 saturated heterocycles. The fourth-order valence-electron chi connectivity index (χ4n) is 4.49. The van der Waals surface area contributed by atoms with Gasteiger partial charge < -0.3 is 19.9 Å². The van der Waals surface area contributed by atoms with Crippen LogP contribution < -0.4 is 5.73 Å². The molecule has 5 rings (SSSR count). The van der Waals surface area contributed by atoms with E-state index in [-0.39, 0.29) is 18.5 Å². The molecule has 4 heterocycles. The summed E-state index contributed by atoms with van der Waals surface area (Å²) in [6, 6.07) is 15.6. The summed E-state index contributed by atoms with van der Waals surface area (Å²) in [7, 11) is 1.64. The Hall–Kier alpha value is -3.78. The number of ether oxygens (including phenoxy) is 1. The van der Waals surface area contributed by atoms with Crippen molar-refractivity contribution in [3.63, 3.8) is 0 Å². The van der Waals surface area contributed by atoms with Gasteiger partial charge in [0.25, 0.3) is 0 Å². The van der Waals surface area contributed by atoms with Crippen LogP contribution in [-0.4, -0.2) is 44.0 Å². The molecule has 33 heavy (non-hydrogen) atoms. The van der Waals surface area contributed by atoms with Gasteiger partial charge in [0, 0.05) is 37.2 Å². The minimum absolute atomic E-state index is 0.0308. The summed E-state index contributed by atoms with van der Waals surface area (Å²) >= 11 is 0. The Morgan fingerprint density at radius 3 is 2.61 bits per heavy atom. The van der Waals surface area contributed by atoms with Crippen molar-refractivity contribution in [3.8, 4) is 11.1 Å². The highest BCUT2D eigenvalue weighted by molar-refractivity contribution is 5.81. The first-order valence-electron chi connectivity index (χ1n) is 11.0. The summed E-state index contributed by atoms with van der Waals surface area (Å²) in [5, 5.41) is 0. The van der Waals surface area contributed by atoms with E-state index in [1.54, 1.807) is 19.4 Å². The van der Waals surface area contributed by atoms with Crippen molar-refractivity contribution in [1.82, 2.24) is 24.4 Å². The molecule has 168 valence electrons.